The van der Waals surface area contributed by atoms with Crippen molar-refractivity contribution in [3.8, 4) is 23.3 Å². The number of carbonyl (C=O) groups excluding carboxylic acids is 1. The van der Waals surface area contributed by atoms with Crippen molar-refractivity contribution < 1.29 is 24.1 Å². The lowest BCUT2D eigenvalue weighted by Crippen LogP contribution is -2.07. The number of nitrogens with zero attached hydrogens (tertiary/aromatic N) is 1. The largest absolute Gasteiger partial charge is 0.497 e. The van der Waals surface area contributed by atoms with Gasteiger partial charge in [-0.3, -0.25) is 0 Å². The Morgan fingerprint density at radius 2 is 1.92 bits per heavy atom. The first kappa shape index (κ1) is 17.3. The van der Waals surface area contributed by atoms with Gasteiger partial charge in [0.1, 0.15) is 17.2 Å². The first-order valence-corrected chi connectivity index (χ1v) is 7.05. The van der Waals surface area contributed by atoms with Gasteiger partial charge in [-0.05, 0) is 24.3 Å². The number of hydrogen-bond acceptors (Lipinski definition) is 6. The minimum atomic E-state index is -0.588. The maximum absolute atomic E-state index is 11.6. The molecule has 1 aromatic carbocycles. The third-order valence-corrected chi connectivity index (χ3v) is 3.19. The summed E-state index contributed by atoms with van der Waals surface area (Å²) in [6.45, 7) is -0.300. The molecule has 6 nitrogen and oxygen atoms in total. The molecule has 0 atom stereocenters. The van der Waals surface area contributed by atoms with Crippen LogP contribution in [0.4, 0.5) is 0 Å². The molecule has 24 heavy (non-hydrogen) atoms. The van der Waals surface area contributed by atoms with Gasteiger partial charge in [-0.15, -0.1) is 0 Å². The SMILES string of the molecule is COC(=O)c1cc(C#Cc2ccc(OC)cc2OC)cc(CO)n1. The number of hydrogen-bond donors (Lipinski definition) is 1. The van der Waals surface area contributed by atoms with Gasteiger partial charge in [-0.1, -0.05) is 11.8 Å². The predicted molar refractivity (Wildman–Crippen MR) is 87.0 cm³/mol. The fourth-order valence-electron chi connectivity index (χ4n) is 1.99. The van der Waals surface area contributed by atoms with Crippen LogP contribution in [0, 0.1) is 11.8 Å². The highest BCUT2D eigenvalue weighted by Gasteiger charge is 2.10. The average molecular weight is 327 g/mol. The van der Waals surface area contributed by atoms with E-state index in [-0.39, 0.29) is 12.3 Å². The molecule has 124 valence electrons. The molecular formula is C18H17NO5. The number of aliphatic hydroxyl groups excluding tert-OH is 1. The van der Waals surface area contributed by atoms with E-state index in [9.17, 15) is 9.90 Å². The Labute approximate surface area is 140 Å². The van der Waals surface area contributed by atoms with Crippen LogP contribution in [0.1, 0.15) is 27.3 Å². The number of aliphatic hydroxyl groups is 1. The summed E-state index contributed by atoms with van der Waals surface area (Å²) in [6, 6.07) is 8.40. The molecule has 2 rings (SSSR count). The molecule has 2 aromatic rings. The van der Waals surface area contributed by atoms with E-state index >= 15 is 0 Å². The summed E-state index contributed by atoms with van der Waals surface area (Å²) in [6.07, 6.45) is 0. The van der Waals surface area contributed by atoms with Crippen molar-refractivity contribution in [2.75, 3.05) is 21.3 Å². The number of ether oxygens (including phenoxy) is 3. The Morgan fingerprint density at radius 3 is 2.54 bits per heavy atom. The van der Waals surface area contributed by atoms with E-state index in [1.54, 1.807) is 38.5 Å². The monoisotopic (exact) mass is 327 g/mol. The molecular weight excluding hydrogens is 310 g/mol. The molecule has 0 radical (unpaired) electrons. The third kappa shape index (κ3) is 4.03. The van der Waals surface area contributed by atoms with Crippen LogP contribution in [0.2, 0.25) is 0 Å². The highest BCUT2D eigenvalue weighted by molar-refractivity contribution is 5.87. The van der Waals surface area contributed by atoms with Crippen LogP contribution in [-0.4, -0.2) is 37.4 Å². The molecule has 0 aliphatic heterocycles. The molecule has 6 heteroatoms. The van der Waals surface area contributed by atoms with Crippen molar-refractivity contribution in [3.63, 3.8) is 0 Å². The minimum Gasteiger partial charge on any atom is -0.497 e. The molecule has 1 heterocycles. The van der Waals surface area contributed by atoms with E-state index in [4.69, 9.17) is 9.47 Å². The average Bonchev–Trinajstić information content (AvgIpc) is 2.65. The van der Waals surface area contributed by atoms with Crippen LogP contribution in [-0.2, 0) is 11.3 Å². The zero-order valence-electron chi connectivity index (χ0n) is 13.6. The van der Waals surface area contributed by atoms with Gasteiger partial charge in [0.15, 0.2) is 0 Å². The van der Waals surface area contributed by atoms with Crippen LogP contribution in [0.15, 0.2) is 30.3 Å². The topological polar surface area (TPSA) is 77.9 Å². The fraction of sp³-hybridized carbons (Fsp3) is 0.222. The second-order valence-corrected chi connectivity index (χ2v) is 4.70. The van der Waals surface area contributed by atoms with E-state index < -0.39 is 5.97 Å². The normalized spacial score (nSPS) is 9.67. The lowest BCUT2D eigenvalue weighted by atomic mass is 10.1. The summed E-state index contributed by atoms with van der Waals surface area (Å²) >= 11 is 0. The lowest BCUT2D eigenvalue weighted by Gasteiger charge is -2.06. The number of methoxy groups -OCH3 is 3. The van der Waals surface area contributed by atoms with Gasteiger partial charge < -0.3 is 19.3 Å². The van der Waals surface area contributed by atoms with Crippen molar-refractivity contribution in [2.45, 2.75) is 6.61 Å². The molecule has 0 unspecified atom stereocenters. The first-order valence-electron chi connectivity index (χ1n) is 7.05. The minimum absolute atomic E-state index is 0.0926. The Kier molecular flexibility index (Phi) is 5.77. The van der Waals surface area contributed by atoms with E-state index in [2.05, 4.69) is 21.6 Å². The maximum atomic E-state index is 11.6. The molecule has 0 bridgehead atoms. The van der Waals surface area contributed by atoms with Crippen molar-refractivity contribution in [1.29, 1.82) is 0 Å². The summed E-state index contributed by atoms with van der Waals surface area (Å²) in [5.74, 6) is 6.56. The molecule has 0 fully saturated rings. The number of carbonyl (C=O) groups is 1. The standard InChI is InChI=1S/C18H17NO5/c1-22-15-7-6-13(17(10-15)23-2)5-4-12-8-14(11-20)19-16(9-12)18(21)24-3/h6-10,20H,11H2,1-3H3. The molecule has 0 saturated carbocycles. The zero-order chi connectivity index (χ0) is 17.5. The van der Waals surface area contributed by atoms with E-state index in [1.807, 2.05) is 0 Å². The quantitative estimate of drug-likeness (QED) is 0.681. The smallest absolute Gasteiger partial charge is 0.356 e. The van der Waals surface area contributed by atoms with Crippen LogP contribution >= 0.6 is 0 Å². The maximum Gasteiger partial charge on any atom is 0.356 e. The van der Waals surface area contributed by atoms with Gasteiger partial charge >= 0.3 is 5.97 Å². The lowest BCUT2D eigenvalue weighted by molar-refractivity contribution is 0.0593. The number of benzene rings is 1. The molecule has 0 aliphatic rings. The van der Waals surface area contributed by atoms with Crippen LogP contribution in [0.5, 0.6) is 11.5 Å². The van der Waals surface area contributed by atoms with Crippen molar-refractivity contribution >= 4 is 5.97 Å². The number of aromatic nitrogens is 1. The number of pyridine rings is 1. The Morgan fingerprint density at radius 1 is 1.12 bits per heavy atom. The first-order chi connectivity index (χ1) is 11.6. The van der Waals surface area contributed by atoms with Gasteiger partial charge in [0.2, 0.25) is 0 Å². The number of esters is 1. The van der Waals surface area contributed by atoms with Gasteiger partial charge in [0.05, 0.1) is 39.2 Å². The Hall–Kier alpha value is -3.04. The number of rotatable bonds is 4. The molecule has 1 aromatic heterocycles. The Bertz CT molecular complexity index is 805. The van der Waals surface area contributed by atoms with E-state index in [0.29, 0.717) is 28.3 Å². The van der Waals surface area contributed by atoms with Gasteiger partial charge in [-0.2, -0.15) is 0 Å². The second kappa shape index (κ2) is 7.99. The van der Waals surface area contributed by atoms with Crippen LogP contribution < -0.4 is 9.47 Å². The van der Waals surface area contributed by atoms with E-state index in [1.165, 1.54) is 13.2 Å². The summed E-state index contributed by atoms with van der Waals surface area (Å²) in [5.41, 5.74) is 1.63. The summed E-state index contributed by atoms with van der Waals surface area (Å²) in [7, 11) is 4.39. The molecule has 0 aliphatic carbocycles. The van der Waals surface area contributed by atoms with Crippen molar-refractivity contribution in [1.82, 2.24) is 4.98 Å². The van der Waals surface area contributed by atoms with Gasteiger partial charge in [0.25, 0.3) is 0 Å². The molecule has 0 amide bonds. The van der Waals surface area contributed by atoms with Gasteiger partial charge in [-0.25, -0.2) is 9.78 Å². The predicted octanol–water partition coefficient (Wildman–Crippen LogP) is 1.78. The van der Waals surface area contributed by atoms with E-state index in [0.717, 1.165) is 0 Å². The molecule has 0 spiro atoms. The zero-order valence-corrected chi connectivity index (χ0v) is 13.6. The molecule has 1 N–H and O–H groups in total. The third-order valence-electron chi connectivity index (χ3n) is 3.19. The van der Waals surface area contributed by atoms with Gasteiger partial charge in [0, 0.05) is 11.6 Å². The fourth-order valence-corrected chi connectivity index (χ4v) is 1.99. The molecule has 0 saturated heterocycles. The second-order valence-electron chi connectivity index (χ2n) is 4.70. The summed E-state index contributed by atoms with van der Waals surface area (Å²) < 4.78 is 15.1. The van der Waals surface area contributed by atoms with Crippen LogP contribution in [0.25, 0.3) is 0 Å². The van der Waals surface area contributed by atoms with Crippen molar-refractivity contribution in [2.24, 2.45) is 0 Å². The van der Waals surface area contributed by atoms with Crippen LogP contribution in [0.3, 0.4) is 0 Å². The highest BCUT2D eigenvalue weighted by atomic mass is 16.5. The summed E-state index contributed by atoms with van der Waals surface area (Å²) in [4.78, 5) is 15.6. The highest BCUT2D eigenvalue weighted by Crippen LogP contribution is 2.23. The van der Waals surface area contributed by atoms with Crippen molar-refractivity contribution in [3.05, 3.63) is 52.8 Å². The Balaban J connectivity index is 2.42. The summed E-state index contributed by atoms with van der Waals surface area (Å²) in [5, 5.41) is 9.27.